The van der Waals surface area contributed by atoms with E-state index in [0.717, 1.165) is 31.3 Å². The molecule has 21 heavy (non-hydrogen) atoms. The molecule has 1 aromatic heterocycles. The number of nitrogens with one attached hydrogen (secondary N) is 2. The van der Waals surface area contributed by atoms with Gasteiger partial charge in [-0.1, -0.05) is 30.1 Å². The Labute approximate surface area is 154 Å². The van der Waals surface area contributed by atoms with Crippen molar-refractivity contribution in [3.63, 3.8) is 0 Å². The van der Waals surface area contributed by atoms with Crippen LogP contribution < -0.4 is 10.6 Å². The molecule has 2 N–H and O–H groups in total. The summed E-state index contributed by atoms with van der Waals surface area (Å²) in [7, 11) is 5.73. The van der Waals surface area contributed by atoms with Gasteiger partial charge < -0.3 is 20.1 Å². The first-order valence-electron chi connectivity index (χ1n) is 6.62. The van der Waals surface area contributed by atoms with E-state index < -0.39 is 0 Å². The minimum Gasteiger partial charge on any atom is -0.355 e. The quantitative estimate of drug-likeness (QED) is 0.400. The first-order chi connectivity index (χ1) is 9.49. The number of aliphatic imine (C=N–C) groups is 1. The van der Waals surface area contributed by atoms with E-state index in [2.05, 4.69) is 34.5 Å². The van der Waals surface area contributed by atoms with Crippen molar-refractivity contribution in [3.8, 4) is 0 Å². The summed E-state index contributed by atoms with van der Waals surface area (Å²) in [6.45, 7) is 5.61. The highest BCUT2D eigenvalue weighted by molar-refractivity contribution is 14.0. The lowest BCUT2D eigenvalue weighted by Crippen LogP contribution is -2.40. The van der Waals surface area contributed by atoms with Crippen LogP contribution in [0.2, 0.25) is 10.2 Å². The summed E-state index contributed by atoms with van der Waals surface area (Å²) in [4.78, 5) is 6.42. The van der Waals surface area contributed by atoms with E-state index in [0.29, 0.717) is 16.7 Å². The zero-order valence-electron chi connectivity index (χ0n) is 12.9. The van der Waals surface area contributed by atoms with E-state index in [9.17, 15) is 0 Å². The second-order valence-corrected chi connectivity index (χ2v) is 5.35. The van der Waals surface area contributed by atoms with E-state index in [1.165, 1.54) is 0 Å². The number of guanidine groups is 1. The second kappa shape index (κ2) is 10.5. The molecule has 0 atom stereocenters. The number of hydrogen-bond acceptors (Lipinski definition) is 2. The average Bonchev–Trinajstić information content (AvgIpc) is 2.69. The lowest BCUT2D eigenvalue weighted by Gasteiger charge is -2.16. The third-order valence-corrected chi connectivity index (χ3v) is 4.04. The van der Waals surface area contributed by atoms with Gasteiger partial charge in [0.15, 0.2) is 5.96 Å². The predicted octanol–water partition coefficient (Wildman–Crippen LogP) is 2.57. The van der Waals surface area contributed by atoms with Crippen LogP contribution in [0.5, 0.6) is 0 Å². The molecule has 0 bridgehead atoms. The number of halogens is 3. The van der Waals surface area contributed by atoms with E-state index >= 15 is 0 Å². The van der Waals surface area contributed by atoms with Crippen molar-refractivity contribution in [1.82, 2.24) is 20.1 Å². The number of hydrogen-bond donors (Lipinski definition) is 2. The second-order valence-electron chi connectivity index (χ2n) is 4.58. The molecule has 0 aromatic carbocycles. The summed E-state index contributed by atoms with van der Waals surface area (Å²) >= 11 is 12.0. The SMILES string of the molecule is CCN(C)CCNC(=NC)NCc1cc(Cl)c(Cl)n1C.I. The minimum atomic E-state index is 0. The molecular weight excluding hydrogens is 424 g/mol. The number of aromatic nitrogens is 1. The molecule has 0 amide bonds. The van der Waals surface area contributed by atoms with Crippen LogP contribution >= 0.6 is 47.2 Å². The fourth-order valence-corrected chi connectivity index (χ4v) is 2.09. The number of likely N-dealkylation sites (N-methyl/N-ethyl adjacent to an activating group) is 1. The molecule has 1 rings (SSSR count). The van der Waals surface area contributed by atoms with E-state index in [1.54, 1.807) is 7.05 Å². The molecular formula is C13H24Cl2IN5. The van der Waals surface area contributed by atoms with Gasteiger partial charge in [0.2, 0.25) is 0 Å². The molecule has 0 aliphatic heterocycles. The van der Waals surface area contributed by atoms with Crippen LogP contribution in [0.15, 0.2) is 11.1 Å². The number of rotatable bonds is 6. The summed E-state index contributed by atoms with van der Waals surface area (Å²) < 4.78 is 1.86. The van der Waals surface area contributed by atoms with Gasteiger partial charge in [-0.2, -0.15) is 0 Å². The van der Waals surface area contributed by atoms with Crippen molar-refractivity contribution in [2.45, 2.75) is 13.5 Å². The molecule has 0 spiro atoms. The zero-order valence-corrected chi connectivity index (χ0v) is 16.8. The first-order valence-corrected chi connectivity index (χ1v) is 7.37. The standard InChI is InChI=1S/C13H23Cl2N5.HI/c1-5-19(3)7-6-17-13(16-2)18-9-10-8-11(14)12(15)20(10)4;/h8H,5-7,9H2,1-4H3,(H2,16,17,18);1H. The van der Waals surface area contributed by atoms with Crippen molar-refractivity contribution >= 4 is 53.1 Å². The molecule has 0 fully saturated rings. The van der Waals surface area contributed by atoms with Gasteiger partial charge in [-0.25, -0.2) is 0 Å². The monoisotopic (exact) mass is 447 g/mol. The Kier molecular flexibility index (Phi) is 10.4. The fraction of sp³-hybridized carbons (Fsp3) is 0.615. The Morgan fingerprint density at radius 1 is 1.38 bits per heavy atom. The zero-order chi connectivity index (χ0) is 15.1. The highest BCUT2D eigenvalue weighted by atomic mass is 127. The Balaban J connectivity index is 0.00000400. The highest BCUT2D eigenvalue weighted by Gasteiger charge is 2.09. The number of nitrogens with zero attached hydrogens (tertiary/aromatic N) is 3. The molecule has 0 saturated carbocycles. The smallest absolute Gasteiger partial charge is 0.191 e. The van der Waals surface area contributed by atoms with Crippen LogP contribution in [0.1, 0.15) is 12.6 Å². The maximum atomic E-state index is 6.03. The summed E-state index contributed by atoms with van der Waals surface area (Å²) in [5.41, 5.74) is 1.01. The Morgan fingerprint density at radius 3 is 2.52 bits per heavy atom. The van der Waals surface area contributed by atoms with Crippen LogP contribution in [-0.2, 0) is 13.6 Å². The molecule has 5 nitrogen and oxygen atoms in total. The van der Waals surface area contributed by atoms with E-state index in [4.69, 9.17) is 23.2 Å². The predicted molar refractivity (Wildman–Crippen MR) is 102 cm³/mol. The molecule has 0 radical (unpaired) electrons. The normalized spacial score (nSPS) is 11.5. The fourth-order valence-electron chi connectivity index (χ4n) is 1.68. The topological polar surface area (TPSA) is 44.6 Å². The first kappa shape index (κ1) is 20.8. The molecule has 0 aliphatic rings. The lowest BCUT2D eigenvalue weighted by molar-refractivity contribution is 0.357. The maximum absolute atomic E-state index is 6.03. The molecule has 1 aromatic rings. The van der Waals surface area contributed by atoms with Gasteiger partial charge in [-0.3, -0.25) is 4.99 Å². The van der Waals surface area contributed by atoms with Gasteiger partial charge in [-0.05, 0) is 19.7 Å². The van der Waals surface area contributed by atoms with Crippen LogP contribution in [-0.4, -0.2) is 49.2 Å². The van der Waals surface area contributed by atoms with E-state index in [-0.39, 0.29) is 24.0 Å². The molecule has 0 saturated heterocycles. The van der Waals surface area contributed by atoms with Crippen molar-refractivity contribution < 1.29 is 0 Å². The Bertz CT molecular complexity index is 462. The maximum Gasteiger partial charge on any atom is 0.191 e. The molecule has 122 valence electrons. The summed E-state index contributed by atoms with van der Waals surface area (Å²) in [6.07, 6.45) is 0. The molecule has 0 unspecified atom stereocenters. The van der Waals surface area contributed by atoms with Crippen molar-refractivity contribution in [2.24, 2.45) is 12.0 Å². The largest absolute Gasteiger partial charge is 0.355 e. The highest BCUT2D eigenvalue weighted by Crippen LogP contribution is 2.24. The summed E-state index contributed by atoms with van der Waals surface area (Å²) in [5.74, 6) is 0.767. The van der Waals surface area contributed by atoms with Gasteiger partial charge in [0, 0.05) is 32.9 Å². The Morgan fingerprint density at radius 2 is 2.05 bits per heavy atom. The average molecular weight is 448 g/mol. The van der Waals surface area contributed by atoms with Gasteiger partial charge in [-0.15, -0.1) is 24.0 Å². The summed E-state index contributed by atoms with van der Waals surface area (Å²) in [6, 6.07) is 1.86. The van der Waals surface area contributed by atoms with Crippen molar-refractivity contribution in [1.29, 1.82) is 0 Å². The van der Waals surface area contributed by atoms with Gasteiger partial charge in [0.1, 0.15) is 5.15 Å². The van der Waals surface area contributed by atoms with Crippen LogP contribution in [0.4, 0.5) is 0 Å². The summed E-state index contributed by atoms with van der Waals surface area (Å²) in [5, 5.41) is 7.63. The van der Waals surface area contributed by atoms with Crippen LogP contribution in [0, 0.1) is 0 Å². The molecule has 0 aliphatic carbocycles. The minimum absolute atomic E-state index is 0. The van der Waals surface area contributed by atoms with Gasteiger partial charge >= 0.3 is 0 Å². The molecule has 8 heteroatoms. The van der Waals surface area contributed by atoms with Crippen molar-refractivity contribution in [2.75, 3.05) is 33.7 Å². The van der Waals surface area contributed by atoms with Crippen molar-refractivity contribution in [3.05, 3.63) is 21.9 Å². The lowest BCUT2D eigenvalue weighted by atomic mass is 10.4. The van der Waals surface area contributed by atoms with E-state index in [1.807, 2.05) is 17.7 Å². The van der Waals surface area contributed by atoms with Crippen LogP contribution in [0.25, 0.3) is 0 Å². The third-order valence-electron chi connectivity index (χ3n) is 3.20. The Hall–Kier alpha value is -0.180. The molecule has 1 heterocycles. The van der Waals surface area contributed by atoms with Crippen LogP contribution in [0.3, 0.4) is 0 Å². The third kappa shape index (κ3) is 6.63. The van der Waals surface area contributed by atoms with Gasteiger partial charge in [0.05, 0.1) is 11.6 Å². The van der Waals surface area contributed by atoms with Gasteiger partial charge in [0.25, 0.3) is 0 Å².